The molecular formula is C14H25NO2. The van der Waals surface area contributed by atoms with E-state index in [9.17, 15) is 0 Å². The number of unbranched alkanes of at least 4 members (excludes halogenated alkanes) is 3. The van der Waals surface area contributed by atoms with Crippen LogP contribution in [0.3, 0.4) is 0 Å². The molecule has 0 aromatic carbocycles. The van der Waals surface area contributed by atoms with Gasteiger partial charge in [0.15, 0.2) is 0 Å². The minimum atomic E-state index is 0.270. The summed E-state index contributed by atoms with van der Waals surface area (Å²) in [7, 11) is 0. The van der Waals surface area contributed by atoms with Gasteiger partial charge in [0.1, 0.15) is 5.76 Å². The van der Waals surface area contributed by atoms with Crippen LogP contribution in [-0.4, -0.2) is 19.3 Å². The Morgan fingerprint density at radius 3 is 2.94 bits per heavy atom. The Bertz CT molecular complexity index is 259. The van der Waals surface area contributed by atoms with Crippen molar-refractivity contribution in [2.75, 3.05) is 13.2 Å². The van der Waals surface area contributed by atoms with E-state index in [4.69, 9.17) is 9.15 Å². The fourth-order valence-electron chi connectivity index (χ4n) is 1.68. The van der Waals surface area contributed by atoms with Crippen LogP contribution in [0.5, 0.6) is 0 Å². The van der Waals surface area contributed by atoms with Gasteiger partial charge in [-0.2, -0.15) is 0 Å². The van der Waals surface area contributed by atoms with Crippen LogP contribution in [0.25, 0.3) is 0 Å². The summed E-state index contributed by atoms with van der Waals surface area (Å²) >= 11 is 0. The number of nitrogens with one attached hydrogen (secondary N) is 1. The summed E-state index contributed by atoms with van der Waals surface area (Å²) < 4.78 is 11.0. The average Bonchev–Trinajstić information content (AvgIpc) is 2.82. The smallest absolute Gasteiger partial charge is 0.117 e. The van der Waals surface area contributed by atoms with Gasteiger partial charge in [-0.25, -0.2) is 0 Å². The first-order chi connectivity index (χ1) is 8.33. The zero-order valence-corrected chi connectivity index (χ0v) is 11.1. The van der Waals surface area contributed by atoms with E-state index in [-0.39, 0.29) is 6.10 Å². The molecule has 3 heteroatoms. The highest BCUT2D eigenvalue weighted by Crippen LogP contribution is 2.01. The zero-order valence-electron chi connectivity index (χ0n) is 11.1. The second-order valence-electron chi connectivity index (χ2n) is 4.45. The monoisotopic (exact) mass is 239 g/mol. The predicted molar refractivity (Wildman–Crippen MR) is 70.0 cm³/mol. The Balaban J connectivity index is 1.92. The highest BCUT2D eigenvalue weighted by atomic mass is 16.5. The van der Waals surface area contributed by atoms with Crippen molar-refractivity contribution in [2.24, 2.45) is 0 Å². The molecule has 0 aliphatic heterocycles. The molecule has 17 heavy (non-hydrogen) atoms. The Kier molecular flexibility index (Phi) is 7.76. The molecule has 0 aliphatic carbocycles. The number of rotatable bonds is 10. The van der Waals surface area contributed by atoms with E-state index in [1.165, 1.54) is 25.7 Å². The SMILES string of the molecule is CCCCCCOC(C)CNCc1ccco1. The van der Waals surface area contributed by atoms with E-state index in [1.54, 1.807) is 6.26 Å². The van der Waals surface area contributed by atoms with Crippen molar-refractivity contribution in [3.8, 4) is 0 Å². The highest BCUT2D eigenvalue weighted by Gasteiger charge is 2.02. The van der Waals surface area contributed by atoms with Crippen LogP contribution >= 0.6 is 0 Å². The van der Waals surface area contributed by atoms with Crippen molar-refractivity contribution in [3.05, 3.63) is 24.2 Å². The van der Waals surface area contributed by atoms with Crippen molar-refractivity contribution in [3.63, 3.8) is 0 Å². The molecule has 1 atom stereocenters. The van der Waals surface area contributed by atoms with Crippen molar-refractivity contribution in [1.82, 2.24) is 5.32 Å². The van der Waals surface area contributed by atoms with Gasteiger partial charge in [-0.1, -0.05) is 26.2 Å². The largest absolute Gasteiger partial charge is 0.468 e. The van der Waals surface area contributed by atoms with Crippen LogP contribution in [0.2, 0.25) is 0 Å². The van der Waals surface area contributed by atoms with Crippen LogP contribution in [0.4, 0.5) is 0 Å². The third-order valence-electron chi connectivity index (χ3n) is 2.71. The van der Waals surface area contributed by atoms with Crippen molar-refractivity contribution < 1.29 is 9.15 Å². The van der Waals surface area contributed by atoms with Gasteiger partial charge in [-0.3, -0.25) is 0 Å². The average molecular weight is 239 g/mol. The van der Waals surface area contributed by atoms with Crippen LogP contribution in [-0.2, 0) is 11.3 Å². The van der Waals surface area contributed by atoms with E-state index >= 15 is 0 Å². The maximum absolute atomic E-state index is 5.71. The van der Waals surface area contributed by atoms with Gasteiger partial charge in [-0.05, 0) is 25.5 Å². The summed E-state index contributed by atoms with van der Waals surface area (Å²) in [4.78, 5) is 0. The molecule has 0 bridgehead atoms. The van der Waals surface area contributed by atoms with Crippen molar-refractivity contribution >= 4 is 0 Å². The summed E-state index contributed by atoms with van der Waals surface area (Å²) in [6.07, 6.45) is 7.02. The van der Waals surface area contributed by atoms with E-state index < -0.39 is 0 Å². The van der Waals surface area contributed by atoms with Gasteiger partial charge in [0.25, 0.3) is 0 Å². The number of furan rings is 1. The maximum Gasteiger partial charge on any atom is 0.117 e. The van der Waals surface area contributed by atoms with Crippen molar-refractivity contribution in [2.45, 2.75) is 52.2 Å². The quantitative estimate of drug-likeness (QED) is 0.636. The number of hydrogen-bond donors (Lipinski definition) is 1. The summed E-state index contributed by atoms with van der Waals surface area (Å²) in [5.74, 6) is 0.972. The summed E-state index contributed by atoms with van der Waals surface area (Å²) in [5.41, 5.74) is 0. The molecule has 0 saturated carbocycles. The summed E-state index contributed by atoms with van der Waals surface area (Å²) in [5, 5.41) is 3.32. The van der Waals surface area contributed by atoms with Crippen LogP contribution in [0.15, 0.2) is 22.8 Å². The van der Waals surface area contributed by atoms with E-state index in [1.807, 2.05) is 12.1 Å². The molecule has 3 nitrogen and oxygen atoms in total. The minimum absolute atomic E-state index is 0.270. The van der Waals surface area contributed by atoms with Gasteiger partial charge >= 0.3 is 0 Å². The molecule has 0 amide bonds. The lowest BCUT2D eigenvalue weighted by Crippen LogP contribution is -2.26. The van der Waals surface area contributed by atoms with Gasteiger partial charge < -0.3 is 14.5 Å². The molecule has 0 spiro atoms. The normalized spacial score (nSPS) is 12.8. The summed E-state index contributed by atoms with van der Waals surface area (Å²) in [6.45, 7) is 6.85. The Morgan fingerprint density at radius 2 is 2.24 bits per heavy atom. The van der Waals surface area contributed by atoms with Crippen LogP contribution in [0, 0.1) is 0 Å². The van der Waals surface area contributed by atoms with Gasteiger partial charge in [0, 0.05) is 13.2 Å². The third-order valence-corrected chi connectivity index (χ3v) is 2.71. The zero-order chi connectivity index (χ0) is 12.3. The second kappa shape index (κ2) is 9.25. The predicted octanol–water partition coefficient (Wildman–Crippen LogP) is 3.35. The molecule has 1 rings (SSSR count). The molecule has 0 saturated heterocycles. The molecule has 0 fully saturated rings. The number of ether oxygens (including phenoxy) is 1. The Hall–Kier alpha value is -0.800. The molecule has 1 unspecified atom stereocenters. The molecule has 1 aromatic heterocycles. The van der Waals surface area contributed by atoms with Gasteiger partial charge in [-0.15, -0.1) is 0 Å². The fourth-order valence-corrected chi connectivity index (χ4v) is 1.68. The Labute approximate surface area is 105 Å². The van der Waals surface area contributed by atoms with E-state index in [0.717, 1.165) is 25.5 Å². The molecule has 98 valence electrons. The number of hydrogen-bond acceptors (Lipinski definition) is 3. The lowest BCUT2D eigenvalue weighted by atomic mass is 10.2. The lowest BCUT2D eigenvalue weighted by molar-refractivity contribution is 0.0626. The van der Waals surface area contributed by atoms with Gasteiger partial charge in [0.2, 0.25) is 0 Å². The molecular weight excluding hydrogens is 214 g/mol. The molecule has 1 aromatic rings. The topological polar surface area (TPSA) is 34.4 Å². The lowest BCUT2D eigenvalue weighted by Gasteiger charge is -2.13. The van der Waals surface area contributed by atoms with E-state index in [2.05, 4.69) is 19.2 Å². The highest BCUT2D eigenvalue weighted by molar-refractivity contribution is 4.97. The van der Waals surface area contributed by atoms with Crippen LogP contribution in [0.1, 0.15) is 45.3 Å². The first kappa shape index (κ1) is 14.3. The molecule has 0 aliphatic rings. The van der Waals surface area contributed by atoms with Crippen molar-refractivity contribution in [1.29, 1.82) is 0 Å². The summed E-state index contributed by atoms with van der Waals surface area (Å²) in [6, 6.07) is 3.88. The second-order valence-corrected chi connectivity index (χ2v) is 4.45. The van der Waals surface area contributed by atoms with Crippen LogP contribution < -0.4 is 5.32 Å². The maximum atomic E-state index is 5.71. The standard InChI is InChI=1S/C14H25NO2/c1-3-4-5-6-9-16-13(2)11-15-12-14-8-7-10-17-14/h7-8,10,13,15H,3-6,9,11-12H2,1-2H3. The van der Waals surface area contributed by atoms with Gasteiger partial charge in [0.05, 0.1) is 18.9 Å². The minimum Gasteiger partial charge on any atom is -0.468 e. The van der Waals surface area contributed by atoms with E-state index in [0.29, 0.717) is 0 Å². The first-order valence-corrected chi connectivity index (χ1v) is 6.67. The fraction of sp³-hybridized carbons (Fsp3) is 0.714. The Morgan fingerprint density at radius 1 is 1.35 bits per heavy atom. The molecule has 1 N–H and O–H groups in total. The first-order valence-electron chi connectivity index (χ1n) is 6.67. The molecule has 1 heterocycles. The third kappa shape index (κ3) is 7.18. The molecule has 0 radical (unpaired) electrons.